The van der Waals surface area contributed by atoms with Crippen molar-refractivity contribution in [2.45, 2.75) is 13.0 Å². The number of ether oxygens (including phenoxy) is 3. The summed E-state index contributed by atoms with van der Waals surface area (Å²) in [4.78, 5) is 28.3. The van der Waals surface area contributed by atoms with Crippen molar-refractivity contribution in [3.05, 3.63) is 95.0 Å². The molecule has 1 atom stereocenters. The zero-order chi connectivity index (χ0) is 27.8. The molecule has 200 valence electrons. The minimum Gasteiger partial charge on any atom is -0.503 e. The quantitative estimate of drug-likeness (QED) is 0.280. The normalized spacial score (nSPS) is 15.3. The van der Waals surface area contributed by atoms with Gasteiger partial charge in [0.25, 0.3) is 5.91 Å². The van der Waals surface area contributed by atoms with E-state index in [1.54, 1.807) is 43.3 Å². The summed E-state index contributed by atoms with van der Waals surface area (Å²) in [7, 11) is 2.92. The SMILES string of the molecule is CCOc1cc(C2C(C(=O)c3cc4cccc(OC)c4o3)=C(O)C(=O)N2c2ccc(F)c(F)c2)ccc1OC. The third-order valence-electron chi connectivity index (χ3n) is 6.39. The molecule has 39 heavy (non-hydrogen) atoms. The van der Waals surface area contributed by atoms with Crippen LogP contribution in [0.4, 0.5) is 14.5 Å². The summed E-state index contributed by atoms with van der Waals surface area (Å²) in [5, 5.41) is 11.6. The van der Waals surface area contributed by atoms with Crippen LogP contribution in [-0.4, -0.2) is 37.6 Å². The molecule has 1 unspecified atom stereocenters. The molecule has 0 radical (unpaired) electrons. The van der Waals surface area contributed by atoms with Gasteiger partial charge in [-0.2, -0.15) is 0 Å². The molecule has 1 aliphatic heterocycles. The number of benzene rings is 3. The van der Waals surface area contributed by atoms with Gasteiger partial charge < -0.3 is 23.7 Å². The number of methoxy groups -OCH3 is 2. The third kappa shape index (κ3) is 4.33. The number of carbonyl (C=O) groups is 2. The first-order chi connectivity index (χ1) is 18.8. The number of anilines is 1. The number of carbonyl (C=O) groups excluding carboxylic acids is 2. The summed E-state index contributed by atoms with van der Waals surface area (Å²) >= 11 is 0. The molecule has 4 aromatic rings. The summed E-state index contributed by atoms with van der Waals surface area (Å²) < 4.78 is 50.1. The van der Waals surface area contributed by atoms with Crippen LogP contribution in [0.15, 0.2) is 76.4 Å². The highest BCUT2D eigenvalue weighted by Gasteiger charge is 2.46. The number of aliphatic hydroxyl groups is 1. The van der Waals surface area contributed by atoms with Gasteiger partial charge in [-0.1, -0.05) is 18.2 Å². The average Bonchev–Trinajstić information content (AvgIpc) is 3.49. The molecule has 3 aromatic carbocycles. The molecule has 0 fully saturated rings. The van der Waals surface area contributed by atoms with Crippen LogP contribution in [0, 0.1) is 11.6 Å². The zero-order valence-electron chi connectivity index (χ0n) is 21.2. The van der Waals surface area contributed by atoms with Gasteiger partial charge in [-0.15, -0.1) is 0 Å². The Morgan fingerprint density at radius 2 is 1.74 bits per heavy atom. The van der Waals surface area contributed by atoms with Crippen molar-refractivity contribution >= 4 is 28.3 Å². The van der Waals surface area contributed by atoms with Crippen molar-refractivity contribution in [2.24, 2.45) is 0 Å². The number of halogens is 2. The molecular weight excluding hydrogens is 512 g/mol. The Hall–Kier alpha value is -4.86. The molecule has 5 rings (SSSR count). The maximum absolute atomic E-state index is 14.2. The van der Waals surface area contributed by atoms with E-state index in [2.05, 4.69) is 0 Å². The molecule has 8 nitrogen and oxygen atoms in total. The smallest absolute Gasteiger partial charge is 0.294 e. The van der Waals surface area contributed by atoms with E-state index in [1.165, 1.54) is 26.4 Å². The molecule has 1 amide bonds. The number of furan rings is 1. The molecule has 0 spiro atoms. The van der Waals surface area contributed by atoms with Crippen molar-refractivity contribution in [3.8, 4) is 17.2 Å². The van der Waals surface area contributed by atoms with Gasteiger partial charge in [0.2, 0.25) is 5.78 Å². The van der Waals surface area contributed by atoms with Crippen LogP contribution in [-0.2, 0) is 4.79 Å². The predicted molar refractivity (Wildman–Crippen MR) is 137 cm³/mol. The van der Waals surface area contributed by atoms with Crippen molar-refractivity contribution in [1.82, 2.24) is 0 Å². The summed E-state index contributed by atoms with van der Waals surface area (Å²) in [6.07, 6.45) is 0. The van der Waals surface area contributed by atoms with E-state index in [1.807, 2.05) is 0 Å². The van der Waals surface area contributed by atoms with E-state index < -0.39 is 35.1 Å². The first-order valence-corrected chi connectivity index (χ1v) is 11.9. The fraction of sp³-hybridized carbons (Fsp3) is 0.172. The Morgan fingerprint density at radius 3 is 2.44 bits per heavy atom. The van der Waals surface area contributed by atoms with Crippen molar-refractivity contribution < 1.29 is 42.1 Å². The van der Waals surface area contributed by atoms with Gasteiger partial charge in [0, 0.05) is 17.1 Å². The number of fused-ring (bicyclic) bond motifs is 1. The second kappa shape index (κ2) is 10.1. The van der Waals surface area contributed by atoms with Crippen LogP contribution in [0.2, 0.25) is 0 Å². The second-order valence-corrected chi connectivity index (χ2v) is 8.60. The van der Waals surface area contributed by atoms with Gasteiger partial charge in [-0.3, -0.25) is 14.5 Å². The maximum Gasteiger partial charge on any atom is 0.294 e. The highest BCUT2D eigenvalue weighted by molar-refractivity contribution is 6.20. The van der Waals surface area contributed by atoms with Crippen molar-refractivity contribution in [2.75, 3.05) is 25.7 Å². The lowest BCUT2D eigenvalue weighted by Gasteiger charge is -2.27. The minimum atomic E-state index is -1.24. The van der Waals surface area contributed by atoms with Gasteiger partial charge in [0.15, 0.2) is 46.0 Å². The summed E-state index contributed by atoms with van der Waals surface area (Å²) in [6.45, 7) is 2.07. The van der Waals surface area contributed by atoms with Crippen LogP contribution in [0.1, 0.15) is 29.1 Å². The molecule has 0 bridgehead atoms. The number of aliphatic hydroxyl groups excluding tert-OH is 1. The fourth-order valence-electron chi connectivity index (χ4n) is 4.63. The zero-order valence-corrected chi connectivity index (χ0v) is 21.2. The van der Waals surface area contributed by atoms with E-state index in [4.69, 9.17) is 18.6 Å². The number of rotatable bonds is 8. The number of hydrogen-bond acceptors (Lipinski definition) is 7. The van der Waals surface area contributed by atoms with Crippen LogP contribution >= 0.6 is 0 Å². The first-order valence-electron chi connectivity index (χ1n) is 11.9. The maximum atomic E-state index is 14.2. The van der Waals surface area contributed by atoms with Crippen LogP contribution in [0.25, 0.3) is 11.0 Å². The van der Waals surface area contributed by atoms with Gasteiger partial charge in [-0.05, 0) is 48.9 Å². The summed E-state index contributed by atoms with van der Waals surface area (Å²) in [5.74, 6) is -3.96. The van der Waals surface area contributed by atoms with E-state index in [9.17, 15) is 23.5 Å². The van der Waals surface area contributed by atoms with Crippen molar-refractivity contribution in [1.29, 1.82) is 0 Å². The number of ketones is 1. The summed E-state index contributed by atoms with van der Waals surface area (Å²) in [5.41, 5.74) is 0.275. The Morgan fingerprint density at radius 1 is 0.974 bits per heavy atom. The van der Waals surface area contributed by atoms with Gasteiger partial charge in [-0.25, -0.2) is 8.78 Å². The lowest BCUT2D eigenvalue weighted by atomic mass is 9.94. The second-order valence-electron chi connectivity index (χ2n) is 8.60. The lowest BCUT2D eigenvalue weighted by Crippen LogP contribution is -2.31. The molecule has 1 aromatic heterocycles. The Labute approximate surface area is 221 Å². The predicted octanol–water partition coefficient (Wildman–Crippen LogP) is 5.91. The molecule has 2 heterocycles. The number of hydrogen-bond donors (Lipinski definition) is 1. The number of Topliss-reactive ketones (excluding diaryl/α,β-unsaturated/α-hetero) is 1. The number of para-hydroxylation sites is 1. The molecular formula is C29H23F2NO7. The average molecular weight is 535 g/mol. The Balaban J connectivity index is 1.69. The van der Waals surface area contributed by atoms with E-state index in [-0.39, 0.29) is 17.0 Å². The molecule has 1 aliphatic rings. The first kappa shape index (κ1) is 25.8. The molecule has 1 N–H and O–H groups in total. The van der Waals surface area contributed by atoms with Gasteiger partial charge in [0.1, 0.15) is 0 Å². The Bertz CT molecular complexity index is 1640. The monoisotopic (exact) mass is 535 g/mol. The fourth-order valence-corrected chi connectivity index (χ4v) is 4.63. The van der Waals surface area contributed by atoms with Gasteiger partial charge in [0.05, 0.1) is 32.4 Å². The lowest BCUT2D eigenvalue weighted by molar-refractivity contribution is -0.117. The number of amides is 1. The van der Waals surface area contributed by atoms with Crippen LogP contribution in [0.5, 0.6) is 17.2 Å². The minimum absolute atomic E-state index is 0.0710. The van der Waals surface area contributed by atoms with Crippen LogP contribution in [0.3, 0.4) is 0 Å². The highest BCUT2D eigenvalue weighted by atomic mass is 19.2. The molecule has 0 saturated carbocycles. The van der Waals surface area contributed by atoms with Gasteiger partial charge >= 0.3 is 0 Å². The Kier molecular flexibility index (Phi) is 6.69. The van der Waals surface area contributed by atoms with E-state index in [0.29, 0.717) is 40.4 Å². The molecule has 10 heteroatoms. The largest absolute Gasteiger partial charge is 0.503 e. The third-order valence-corrected chi connectivity index (χ3v) is 6.39. The van der Waals surface area contributed by atoms with E-state index >= 15 is 0 Å². The van der Waals surface area contributed by atoms with Crippen LogP contribution < -0.4 is 19.1 Å². The number of nitrogens with zero attached hydrogens (tertiary/aromatic N) is 1. The summed E-state index contributed by atoms with van der Waals surface area (Å²) in [6, 6.07) is 12.9. The topological polar surface area (TPSA) is 98.4 Å². The standard InChI is InChI=1S/C29H23F2NO7/c1-4-38-22-12-15(8-11-20(22)36-2)25-24(26(33)23-13-16-6-5-7-21(37-3)28(16)39-23)27(34)29(35)32(25)17-9-10-18(30)19(31)14-17/h5-14,25,34H,4H2,1-3H3. The molecule has 0 aliphatic carbocycles. The van der Waals surface area contributed by atoms with E-state index in [0.717, 1.165) is 17.0 Å². The van der Waals surface area contributed by atoms with Crippen molar-refractivity contribution in [3.63, 3.8) is 0 Å². The molecule has 0 saturated heterocycles. The highest BCUT2D eigenvalue weighted by Crippen LogP contribution is 2.44.